The Bertz CT molecular complexity index is 727. The quantitative estimate of drug-likeness (QED) is 0.879. The molecule has 0 saturated carbocycles. The Kier molecular flexibility index (Phi) is 3.63. The maximum absolute atomic E-state index is 11.7. The molecule has 1 unspecified atom stereocenters. The van der Waals surface area contributed by atoms with Gasteiger partial charge in [0.15, 0.2) is 0 Å². The Labute approximate surface area is 122 Å². The molecule has 0 bridgehead atoms. The van der Waals surface area contributed by atoms with Crippen LogP contribution in [0, 0.1) is 11.3 Å². The van der Waals surface area contributed by atoms with Crippen LogP contribution in [0.2, 0.25) is 0 Å². The lowest BCUT2D eigenvalue weighted by molar-refractivity contribution is -0.146. The number of hydrogen-bond acceptors (Lipinski definition) is 4. The molecule has 1 atom stereocenters. The zero-order valence-corrected chi connectivity index (χ0v) is 11.8. The maximum Gasteiger partial charge on any atom is 0.308 e. The molecule has 1 N–H and O–H groups in total. The number of carbonyl (C=O) groups is 1. The van der Waals surface area contributed by atoms with Crippen molar-refractivity contribution in [3.05, 3.63) is 35.0 Å². The van der Waals surface area contributed by atoms with Crippen molar-refractivity contribution in [1.29, 1.82) is 5.26 Å². The van der Waals surface area contributed by atoms with Crippen molar-refractivity contribution in [2.75, 3.05) is 13.2 Å². The van der Waals surface area contributed by atoms with Crippen LogP contribution in [0.15, 0.2) is 18.2 Å². The highest BCUT2D eigenvalue weighted by Crippen LogP contribution is 2.35. The second-order valence-corrected chi connectivity index (χ2v) is 4.98. The first-order valence-corrected chi connectivity index (χ1v) is 7.05. The van der Waals surface area contributed by atoms with E-state index in [1.807, 2.05) is 18.2 Å². The summed E-state index contributed by atoms with van der Waals surface area (Å²) in [5.41, 5.74) is 3.55. The molecule has 5 nitrogen and oxygen atoms in total. The van der Waals surface area contributed by atoms with Crippen molar-refractivity contribution < 1.29 is 14.3 Å². The predicted molar refractivity (Wildman–Crippen MR) is 76.7 cm³/mol. The van der Waals surface area contributed by atoms with Gasteiger partial charge in [0.05, 0.1) is 31.3 Å². The van der Waals surface area contributed by atoms with Crippen LogP contribution in [0.3, 0.4) is 0 Å². The number of fused-ring (bicyclic) bond motifs is 3. The third kappa shape index (κ3) is 2.39. The fourth-order valence-corrected chi connectivity index (χ4v) is 2.88. The lowest BCUT2D eigenvalue weighted by Crippen LogP contribution is -2.20. The van der Waals surface area contributed by atoms with Crippen molar-refractivity contribution >= 4 is 16.9 Å². The van der Waals surface area contributed by atoms with Gasteiger partial charge in [0.25, 0.3) is 0 Å². The van der Waals surface area contributed by atoms with Gasteiger partial charge in [-0.2, -0.15) is 5.26 Å². The minimum atomic E-state index is -0.327. The molecule has 2 heterocycles. The summed E-state index contributed by atoms with van der Waals surface area (Å²) in [5, 5.41) is 10.2. The van der Waals surface area contributed by atoms with E-state index < -0.39 is 0 Å². The Morgan fingerprint density at radius 2 is 2.43 bits per heavy atom. The minimum Gasteiger partial charge on any atom is -0.466 e. The van der Waals surface area contributed by atoms with E-state index in [0.29, 0.717) is 18.8 Å². The van der Waals surface area contributed by atoms with Gasteiger partial charge in [0.2, 0.25) is 0 Å². The Hall–Kier alpha value is -2.32. The summed E-state index contributed by atoms with van der Waals surface area (Å²) in [4.78, 5) is 15.0. The topological polar surface area (TPSA) is 75.1 Å². The molecule has 5 heteroatoms. The van der Waals surface area contributed by atoms with E-state index in [9.17, 15) is 10.1 Å². The molecule has 0 spiro atoms. The standard InChI is InChI=1S/C16H16N2O3/c1-2-20-14(19)8-13-16-11(6-7-21-13)15-10(9-17)4-3-5-12(15)18-16/h3-5,13,18H,2,6-8H2,1H3. The zero-order valence-electron chi connectivity index (χ0n) is 11.8. The number of nitrogens with one attached hydrogen (secondary N) is 1. The van der Waals surface area contributed by atoms with E-state index in [4.69, 9.17) is 9.47 Å². The monoisotopic (exact) mass is 284 g/mol. The smallest absolute Gasteiger partial charge is 0.308 e. The summed E-state index contributed by atoms with van der Waals surface area (Å²) < 4.78 is 10.7. The van der Waals surface area contributed by atoms with Crippen LogP contribution in [-0.4, -0.2) is 24.2 Å². The number of hydrogen-bond donors (Lipinski definition) is 1. The van der Waals surface area contributed by atoms with Crippen molar-refractivity contribution in [2.24, 2.45) is 0 Å². The van der Waals surface area contributed by atoms with E-state index >= 15 is 0 Å². The molecule has 0 amide bonds. The van der Waals surface area contributed by atoms with Crippen molar-refractivity contribution in [2.45, 2.75) is 25.9 Å². The number of carbonyl (C=O) groups excluding carboxylic acids is 1. The SMILES string of the molecule is CCOC(=O)CC1OCCc2c1[nH]c1cccc(C#N)c21. The Morgan fingerprint density at radius 3 is 3.19 bits per heavy atom. The predicted octanol–water partition coefficient (Wildman–Crippen LogP) is 2.61. The second-order valence-electron chi connectivity index (χ2n) is 4.98. The van der Waals surface area contributed by atoms with E-state index in [1.54, 1.807) is 6.92 Å². The first kappa shape index (κ1) is 13.7. The summed E-state index contributed by atoms with van der Waals surface area (Å²) in [6.45, 7) is 2.70. The lowest BCUT2D eigenvalue weighted by atomic mass is 9.98. The molecule has 0 radical (unpaired) electrons. The van der Waals surface area contributed by atoms with Crippen LogP contribution in [0.5, 0.6) is 0 Å². The number of nitriles is 1. The van der Waals surface area contributed by atoms with E-state index in [-0.39, 0.29) is 18.5 Å². The van der Waals surface area contributed by atoms with Crippen LogP contribution < -0.4 is 0 Å². The summed E-state index contributed by atoms with van der Waals surface area (Å²) in [7, 11) is 0. The fraction of sp³-hybridized carbons (Fsp3) is 0.375. The zero-order chi connectivity index (χ0) is 14.8. The van der Waals surface area contributed by atoms with Crippen LogP contribution in [0.4, 0.5) is 0 Å². The molecule has 108 valence electrons. The van der Waals surface area contributed by atoms with Crippen molar-refractivity contribution in [3.63, 3.8) is 0 Å². The molecule has 1 aliphatic rings. The van der Waals surface area contributed by atoms with Gasteiger partial charge in [0.1, 0.15) is 6.10 Å². The van der Waals surface area contributed by atoms with Crippen LogP contribution >= 0.6 is 0 Å². The Morgan fingerprint density at radius 1 is 1.57 bits per heavy atom. The molecule has 3 rings (SSSR count). The molecule has 0 fully saturated rings. The highest BCUT2D eigenvalue weighted by molar-refractivity contribution is 5.90. The van der Waals surface area contributed by atoms with E-state index in [1.165, 1.54) is 0 Å². The van der Waals surface area contributed by atoms with E-state index in [0.717, 1.165) is 28.6 Å². The molecular formula is C16H16N2O3. The number of esters is 1. The number of nitrogens with zero attached hydrogens (tertiary/aromatic N) is 1. The third-order valence-corrected chi connectivity index (χ3v) is 3.73. The molecule has 2 aromatic rings. The summed E-state index contributed by atoms with van der Waals surface area (Å²) in [6.07, 6.45) is 0.606. The molecule has 0 aliphatic carbocycles. The third-order valence-electron chi connectivity index (χ3n) is 3.73. The average Bonchev–Trinajstić information content (AvgIpc) is 2.87. The van der Waals surface area contributed by atoms with Crippen LogP contribution in [-0.2, 0) is 20.7 Å². The van der Waals surface area contributed by atoms with Gasteiger partial charge in [-0.15, -0.1) is 0 Å². The van der Waals surface area contributed by atoms with E-state index in [2.05, 4.69) is 11.1 Å². The van der Waals surface area contributed by atoms with Gasteiger partial charge < -0.3 is 14.5 Å². The normalized spacial score (nSPS) is 17.2. The number of ether oxygens (including phenoxy) is 2. The molecule has 1 aromatic heterocycles. The van der Waals surface area contributed by atoms with Gasteiger partial charge in [0, 0.05) is 16.6 Å². The largest absolute Gasteiger partial charge is 0.466 e. The van der Waals surface area contributed by atoms with Gasteiger partial charge in [-0.05, 0) is 31.0 Å². The lowest BCUT2D eigenvalue weighted by Gasteiger charge is -2.22. The summed E-state index contributed by atoms with van der Waals surface area (Å²) in [6, 6.07) is 7.83. The van der Waals surface area contributed by atoms with Gasteiger partial charge >= 0.3 is 5.97 Å². The summed E-state index contributed by atoms with van der Waals surface area (Å²) >= 11 is 0. The van der Waals surface area contributed by atoms with Gasteiger partial charge in [-0.3, -0.25) is 4.79 Å². The van der Waals surface area contributed by atoms with Crippen molar-refractivity contribution in [3.8, 4) is 6.07 Å². The molecule has 1 aliphatic heterocycles. The van der Waals surface area contributed by atoms with Gasteiger partial charge in [-0.25, -0.2) is 0 Å². The number of rotatable bonds is 3. The highest BCUT2D eigenvalue weighted by Gasteiger charge is 2.28. The molecular weight excluding hydrogens is 268 g/mol. The first-order chi connectivity index (χ1) is 10.2. The minimum absolute atomic E-state index is 0.190. The number of aromatic amines is 1. The number of aromatic nitrogens is 1. The molecule has 21 heavy (non-hydrogen) atoms. The number of H-pyrrole nitrogens is 1. The summed E-state index contributed by atoms with van der Waals surface area (Å²) in [5.74, 6) is -0.269. The van der Waals surface area contributed by atoms with Gasteiger partial charge in [-0.1, -0.05) is 6.07 Å². The number of benzene rings is 1. The fourth-order valence-electron chi connectivity index (χ4n) is 2.88. The maximum atomic E-state index is 11.7. The molecule has 1 aromatic carbocycles. The van der Waals surface area contributed by atoms with Crippen molar-refractivity contribution in [1.82, 2.24) is 4.98 Å². The molecule has 0 saturated heterocycles. The highest BCUT2D eigenvalue weighted by atomic mass is 16.5. The second kappa shape index (κ2) is 5.58. The first-order valence-electron chi connectivity index (χ1n) is 7.05. The van der Waals surface area contributed by atoms with Crippen LogP contribution in [0.1, 0.15) is 36.3 Å². The van der Waals surface area contributed by atoms with Crippen LogP contribution in [0.25, 0.3) is 10.9 Å². The average molecular weight is 284 g/mol. The Balaban J connectivity index is 2.03.